The van der Waals surface area contributed by atoms with Gasteiger partial charge in [0.2, 0.25) is 17.7 Å². The summed E-state index contributed by atoms with van der Waals surface area (Å²) in [4.78, 5) is 61.0. The predicted octanol–water partition coefficient (Wildman–Crippen LogP) is -1.59. The summed E-state index contributed by atoms with van der Waals surface area (Å²) < 4.78 is 0. The minimum atomic E-state index is -1.64. The molecule has 200 valence electrons. The van der Waals surface area contributed by atoms with Gasteiger partial charge in [0.1, 0.15) is 29.9 Å². The molecule has 0 aromatic heterocycles. The second-order valence-electron chi connectivity index (χ2n) is 8.04. The molecule has 0 radical (unpaired) electrons. The van der Waals surface area contributed by atoms with Crippen LogP contribution in [0.2, 0.25) is 0 Å². The van der Waals surface area contributed by atoms with E-state index in [1.165, 1.54) is 43.0 Å². The molecule has 0 aliphatic heterocycles. The number of aliphatic hydroxyl groups excluding tert-OH is 1. The quantitative estimate of drug-likeness (QED) is 0.129. The van der Waals surface area contributed by atoms with E-state index in [-0.39, 0.29) is 18.6 Å². The molecule has 0 aliphatic rings. The maximum atomic E-state index is 13.1. The molecular formula is C22H32N4O9S. The fourth-order valence-corrected chi connectivity index (χ4v) is 3.46. The van der Waals surface area contributed by atoms with Crippen LogP contribution in [-0.2, 0) is 30.4 Å². The van der Waals surface area contributed by atoms with E-state index in [1.54, 1.807) is 6.26 Å². The number of aliphatic hydroxyl groups is 1. The fraction of sp³-hybridized carbons (Fsp3) is 0.500. The fourth-order valence-electron chi connectivity index (χ4n) is 2.99. The number of rotatable bonds is 15. The van der Waals surface area contributed by atoms with E-state index in [0.717, 1.165) is 0 Å². The van der Waals surface area contributed by atoms with Crippen molar-refractivity contribution in [2.24, 2.45) is 5.73 Å². The Morgan fingerprint density at radius 1 is 0.917 bits per heavy atom. The standard InChI is InChI=1S/C22H32N4O9S/c1-11(27)18(23)21(33)26-15(9-12-3-5-13(28)6-4-12)19(31)25-16(10-17(29)30)20(32)24-14(22(34)35)7-8-36-2/h3-6,11,14-16,18,27-28H,7-10,23H2,1-2H3,(H,24,32)(H,25,31)(H,26,33)(H,29,30)(H,34,35). The number of nitrogens with two attached hydrogens (primary N) is 1. The van der Waals surface area contributed by atoms with Gasteiger partial charge in [-0.3, -0.25) is 19.2 Å². The molecule has 0 fully saturated rings. The van der Waals surface area contributed by atoms with Gasteiger partial charge in [-0.15, -0.1) is 0 Å². The molecule has 0 heterocycles. The summed E-state index contributed by atoms with van der Waals surface area (Å²) >= 11 is 1.36. The molecule has 1 aromatic rings. The molecule has 0 spiro atoms. The first-order chi connectivity index (χ1) is 16.8. The molecule has 14 heteroatoms. The second-order valence-corrected chi connectivity index (χ2v) is 9.02. The highest BCUT2D eigenvalue weighted by atomic mass is 32.2. The lowest BCUT2D eigenvalue weighted by atomic mass is 10.0. The van der Waals surface area contributed by atoms with E-state index in [9.17, 15) is 44.4 Å². The number of benzene rings is 1. The summed E-state index contributed by atoms with van der Waals surface area (Å²) in [7, 11) is 0. The zero-order valence-corrected chi connectivity index (χ0v) is 20.7. The number of carboxylic acid groups (broad SMARTS) is 2. The molecule has 5 unspecified atom stereocenters. The van der Waals surface area contributed by atoms with E-state index in [0.29, 0.717) is 11.3 Å². The number of carbonyl (C=O) groups excluding carboxylic acids is 3. The molecule has 3 amide bonds. The number of thioether (sulfide) groups is 1. The normalized spacial score (nSPS) is 15.0. The average molecular weight is 529 g/mol. The lowest BCUT2D eigenvalue weighted by Crippen LogP contribution is -2.59. The van der Waals surface area contributed by atoms with E-state index in [1.807, 2.05) is 0 Å². The summed E-state index contributed by atoms with van der Waals surface area (Å²) in [5, 5.41) is 44.5. The second kappa shape index (κ2) is 14.9. The number of aliphatic carboxylic acids is 2. The summed E-state index contributed by atoms with van der Waals surface area (Å²) in [6.45, 7) is 1.28. The van der Waals surface area contributed by atoms with E-state index in [2.05, 4.69) is 16.0 Å². The predicted molar refractivity (Wildman–Crippen MR) is 130 cm³/mol. The molecule has 0 bridgehead atoms. The van der Waals surface area contributed by atoms with Gasteiger partial charge in [0.15, 0.2) is 0 Å². The van der Waals surface area contributed by atoms with Crippen molar-refractivity contribution in [3.63, 3.8) is 0 Å². The first kappa shape index (κ1) is 30.7. The van der Waals surface area contributed by atoms with Gasteiger partial charge < -0.3 is 42.1 Å². The van der Waals surface area contributed by atoms with Crippen LogP contribution in [0.3, 0.4) is 0 Å². The van der Waals surface area contributed by atoms with Crippen molar-refractivity contribution in [1.29, 1.82) is 0 Å². The number of hydrogen-bond acceptors (Lipinski definition) is 9. The summed E-state index contributed by atoms with van der Waals surface area (Å²) in [5.74, 6) is -5.19. The average Bonchev–Trinajstić information content (AvgIpc) is 2.80. The number of phenolic OH excluding ortho intramolecular Hbond substituents is 1. The van der Waals surface area contributed by atoms with Crippen molar-refractivity contribution in [3.8, 4) is 5.75 Å². The number of amides is 3. The minimum Gasteiger partial charge on any atom is -0.508 e. The summed E-state index contributed by atoms with van der Waals surface area (Å²) in [6.07, 6.45) is -0.383. The third-order valence-corrected chi connectivity index (χ3v) is 5.71. The van der Waals surface area contributed by atoms with Gasteiger partial charge in [-0.2, -0.15) is 11.8 Å². The third kappa shape index (κ3) is 10.5. The number of carboxylic acids is 2. The number of nitrogens with one attached hydrogen (secondary N) is 3. The maximum absolute atomic E-state index is 13.1. The molecule has 1 rings (SSSR count). The van der Waals surface area contributed by atoms with Crippen LogP contribution in [0.1, 0.15) is 25.3 Å². The minimum absolute atomic E-state index is 0.0347. The Bertz CT molecular complexity index is 927. The van der Waals surface area contributed by atoms with Gasteiger partial charge in [-0.05, 0) is 43.0 Å². The zero-order valence-electron chi connectivity index (χ0n) is 19.8. The Labute approximate surface area is 211 Å². The molecule has 5 atom stereocenters. The van der Waals surface area contributed by atoms with Crippen molar-refractivity contribution in [2.75, 3.05) is 12.0 Å². The van der Waals surface area contributed by atoms with Crippen LogP contribution in [0.25, 0.3) is 0 Å². The topological polar surface area (TPSA) is 228 Å². The number of carbonyl (C=O) groups is 5. The molecular weight excluding hydrogens is 496 g/mol. The Morgan fingerprint density at radius 2 is 1.44 bits per heavy atom. The highest BCUT2D eigenvalue weighted by Gasteiger charge is 2.32. The van der Waals surface area contributed by atoms with Crippen LogP contribution in [0, 0.1) is 0 Å². The van der Waals surface area contributed by atoms with E-state index < -0.39 is 66.4 Å². The largest absolute Gasteiger partial charge is 0.508 e. The smallest absolute Gasteiger partial charge is 0.326 e. The maximum Gasteiger partial charge on any atom is 0.326 e. The van der Waals surface area contributed by atoms with Crippen LogP contribution < -0.4 is 21.7 Å². The lowest BCUT2D eigenvalue weighted by Gasteiger charge is -2.25. The monoisotopic (exact) mass is 528 g/mol. The van der Waals surface area contributed by atoms with Gasteiger partial charge in [-0.1, -0.05) is 12.1 Å². The van der Waals surface area contributed by atoms with Crippen LogP contribution in [-0.4, -0.2) is 92.4 Å². The van der Waals surface area contributed by atoms with Crippen molar-refractivity contribution in [3.05, 3.63) is 29.8 Å². The van der Waals surface area contributed by atoms with Gasteiger partial charge in [-0.25, -0.2) is 4.79 Å². The first-order valence-corrected chi connectivity index (χ1v) is 12.3. The van der Waals surface area contributed by atoms with Gasteiger partial charge in [0, 0.05) is 6.42 Å². The molecule has 9 N–H and O–H groups in total. The van der Waals surface area contributed by atoms with Crippen LogP contribution in [0.4, 0.5) is 0 Å². The molecule has 1 aromatic carbocycles. The highest BCUT2D eigenvalue weighted by molar-refractivity contribution is 7.98. The molecule has 0 aliphatic carbocycles. The van der Waals surface area contributed by atoms with E-state index in [4.69, 9.17) is 5.73 Å². The molecule has 0 saturated carbocycles. The Morgan fingerprint density at radius 3 is 1.94 bits per heavy atom. The highest BCUT2D eigenvalue weighted by Crippen LogP contribution is 2.12. The van der Waals surface area contributed by atoms with Crippen LogP contribution >= 0.6 is 11.8 Å². The number of aromatic hydroxyl groups is 1. The number of hydrogen-bond donors (Lipinski definition) is 8. The Hall–Kier alpha value is -3.36. The van der Waals surface area contributed by atoms with Gasteiger partial charge in [0.25, 0.3) is 0 Å². The summed E-state index contributed by atoms with van der Waals surface area (Å²) in [6, 6.07) is 0.0329. The molecule has 0 saturated heterocycles. The summed E-state index contributed by atoms with van der Waals surface area (Å²) in [5.41, 5.74) is 6.14. The zero-order chi connectivity index (χ0) is 27.4. The van der Waals surface area contributed by atoms with Gasteiger partial charge >= 0.3 is 11.9 Å². The van der Waals surface area contributed by atoms with Crippen LogP contribution in [0.5, 0.6) is 5.75 Å². The van der Waals surface area contributed by atoms with E-state index >= 15 is 0 Å². The van der Waals surface area contributed by atoms with Crippen LogP contribution in [0.15, 0.2) is 24.3 Å². The third-order valence-electron chi connectivity index (χ3n) is 5.07. The van der Waals surface area contributed by atoms with Crippen molar-refractivity contribution < 1.29 is 44.4 Å². The first-order valence-electron chi connectivity index (χ1n) is 10.9. The molecule has 13 nitrogen and oxygen atoms in total. The number of phenols is 1. The Balaban J connectivity index is 3.13. The lowest BCUT2D eigenvalue weighted by molar-refractivity contribution is -0.143. The Kier molecular flexibility index (Phi) is 12.7. The molecule has 36 heavy (non-hydrogen) atoms. The van der Waals surface area contributed by atoms with Crippen molar-refractivity contribution in [1.82, 2.24) is 16.0 Å². The van der Waals surface area contributed by atoms with Crippen molar-refractivity contribution >= 4 is 41.4 Å². The van der Waals surface area contributed by atoms with Crippen molar-refractivity contribution in [2.45, 2.75) is 56.5 Å². The SMILES string of the molecule is CSCCC(NC(=O)C(CC(=O)O)NC(=O)C(Cc1ccc(O)cc1)NC(=O)C(N)C(C)O)C(=O)O. The van der Waals surface area contributed by atoms with Gasteiger partial charge in [0.05, 0.1) is 12.5 Å².